The van der Waals surface area contributed by atoms with Crippen molar-refractivity contribution in [3.05, 3.63) is 35.6 Å². The maximum Gasteiger partial charge on any atom is 0.220 e. The third-order valence-electron chi connectivity index (χ3n) is 4.11. The largest absolute Gasteiger partial charge is 0.459 e. The van der Waals surface area contributed by atoms with Crippen molar-refractivity contribution in [3.63, 3.8) is 0 Å². The summed E-state index contributed by atoms with van der Waals surface area (Å²) in [4.78, 5) is 11.9. The molecule has 4 heteroatoms. The number of carbonyl (C=O) groups is 1. The molecule has 3 rings (SSSR count). The first-order valence-corrected chi connectivity index (χ1v) is 7.59. The van der Waals surface area contributed by atoms with E-state index in [-0.39, 0.29) is 12.0 Å². The van der Waals surface area contributed by atoms with Gasteiger partial charge in [-0.05, 0) is 32.3 Å². The Kier molecular flexibility index (Phi) is 4.25. The number of para-hydroxylation sites is 1. The molecule has 0 aliphatic carbocycles. The Morgan fingerprint density at radius 3 is 3.00 bits per heavy atom. The number of rotatable bonds is 5. The topological polar surface area (TPSA) is 51.5 Å². The number of ether oxygens (including phenoxy) is 1. The smallest absolute Gasteiger partial charge is 0.220 e. The summed E-state index contributed by atoms with van der Waals surface area (Å²) in [6.07, 6.45) is 3.79. The van der Waals surface area contributed by atoms with Gasteiger partial charge < -0.3 is 14.5 Å². The molecule has 112 valence electrons. The Bertz CT molecular complexity index is 626. The van der Waals surface area contributed by atoms with E-state index in [2.05, 4.69) is 5.32 Å². The van der Waals surface area contributed by atoms with Gasteiger partial charge in [0.05, 0.1) is 12.6 Å². The highest BCUT2D eigenvalue weighted by Crippen LogP contribution is 2.24. The summed E-state index contributed by atoms with van der Waals surface area (Å²) >= 11 is 0. The Balaban J connectivity index is 1.53. The number of carbonyl (C=O) groups excluding carboxylic acids is 1. The first kappa shape index (κ1) is 14.1. The number of furan rings is 1. The van der Waals surface area contributed by atoms with Gasteiger partial charge in [-0.25, -0.2) is 0 Å². The molecule has 1 atom stereocenters. The first-order chi connectivity index (χ1) is 10.2. The molecule has 0 radical (unpaired) electrons. The average Bonchev–Trinajstić information content (AvgIpc) is 3.12. The molecular weight excluding hydrogens is 266 g/mol. The Labute approximate surface area is 124 Å². The van der Waals surface area contributed by atoms with Gasteiger partial charge in [-0.1, -0.05) is 18.2 Å². The molecule has 1 amide bonds. The van der Waals surface area contributed by atoms with E-state index >= 15 is 0 Å². The number of aryl methyl sites for hydroxylation is 1. The zero-order chi connectivity index (χ0) is 14.7. The molecule has 1 N–H and O–H groups in total. The number of fused-ring (bicyclic) bond motifs is 1. The van der Waals surface area contributed by atoms with Crippen LogP contribution in [0.2, 0.25) is 0 Å². The van der Waals surface area contributed by atoms with Crippen molar-refractivity contribution in [2.45, 2.75) is 45.3 Å². The Morgan fingerprint density at radius 1 is 1.38 bits per heavy atom. The van der Waals surface area contributed by atoms with E-state index in [0.717, 1.165) is 48.2 Å². The second-order valence-corrected chi connectivity index (χ2v) is 5.60. The summed E-state index contributed by atoms with van der Waals surface area (Å²) < 4.78 is 11.3. The molecule has 0 bridgehead atoms. The van der Waals surface area contributed by atoms with Gasteiger partial charge in [-0.2, -0.15) is 0 Å². The van der Waals surface area contributed by atoms with E-state index in [4.69, 9.17) is 9.15 Å². The minimum absolute atomic E-state index is 0.0605. The Morgan fingerprint density at radius 2 is 2.24 bits per heavy atom. The van der Waals surface area contributed by atoms with E-state index in [1.54, 1.807) is 0 Å². The molecule has 0 saturated carbocycles. The number of nitrogens with one attached hydrogen (secondary N) is 1. The predicted octanol–water partition coefficient (Wildman–Crippen LogP) is 3.32. The summed E-state index contributed by atoms with van der Waals surface area (Å²) in [5, 5.41) is 4.05. The van der Waals surface area contributed by atoms with Crippen LogP contribution in [-0.4, -0.2) is 18.6 Å². The fourth-order valence-corrected chi connectivity index (χ4v) is 2.82. The lowest BCUT2D eigenvalue weighted by Crippen LogP contribution is -2.24. The summed E-state index contributed by atoms with van der Waals surface area (Å²) in [7, 11) is 0. The lowest BCUT2D eigenvalue weighted by molar-refractivity contribution is -0.121. The van der Waals surface area contributed by atoms with E-state index in [1.165, 1.54) is 0 Å². The van der Waals surface area contributed by atoms with Crippen LogP contribution in [0.5, 0.6) is 0 Å². The van der Waals surface area contributed by atoms with Gasteiger partial charge in [-0.3, -0.25) is 4.79 Å². The summed E-state index contributed by atoms with van der Waals surface area (Å²) in [6.45, 7) is 3.31. The van der Waals surface area contributed by atoms with Crippen molar-refractivity contribution < 1.29 is 13.9 Å². The minimum atomic E-state index is 0.0605. The van der Waals surface area contributed by atoms with Crippen molar-refractivity contribution in [1.29, 1.82) is 0 Å². The first-order valence-electron chi connectivity index (χ1n) is 7.59. The van der Waals surface area contributed by atoms with Crippen LogP contribution in [0.3, 0.4) is 0 Å². The lowest BCUT2D eigenvalue weighted by Gasteiger charge is -2.08. The van der Waals surface area contributed by atoms with E-state index in [0.29, 0.717) is 13.0 Å². The molecule has 21 heavy (non-hydrogen) atoms. The third-order valence-corrected chi connectivity index (χ3v) is 4.11. The van der Waals surface area contributed by atoms with Gasteiger partial charge in [0.25, 0.3) is 0 Å². The van der Waals surface area contributed by atoms with E-state index in [1.807, 2.05) is 31.2 Å². The maximum atomic E-state index is 11.9. The fourth-order valence-electron chi connectivity index (χ4n) is 2.82. The van der Waals surface area contributed by atoms with Gasteiger partial charge in [0, 0.05) is 24.0 Å². The monoisotopic (exact) mass is 287 g/mol. The zero-order valence-electron chi connectivity index (χ0n) is 12.4. The van der Waals surface area contributed by atoms with Crippen LogP contribution in [0.1, 0.15) is 37.0 Å². The molecule has 2 aromatic rings. The predicted molar refractivity (Wildman–Crippen MR) is 81.0 cm³/mol. The normalized spacial score (nSPS) is 18.2. The fraction of sp³-hybridized carbons (Fsp3) is 0.471. The molecule has 0 unspecified atom stereocenters. The molecule has 4 nitrogen and oxygen atoms in total. The molecule has 1 saturated heterocycles. The van der Waals surface area contributed by atoms with Crippen LogP contribution >= 0.6 is 0 Å². The van der Waals surface area contributed by atoms with Crippen molar-refractivity contribution in [2.24, 2.45) is 0 Å². The lowest BCUT2D eigenvalue weighted by atomic mass is 10.1. The highest BCUT2D eigenvalue weighted by atomic mass is 16.5. The van der Waals surface area contributed by atoms with Crippen molar-refractivity contribution >= 4 is 16.9 Å². The van der Waals surface area contributed by atoms with Gasteiger partial charge in [0.2, 0.25) is 5.91 Å². The highest BCUT2D eigenvalue weighted by molar-refractivity contribution is 5.82. The summed E-state index contributed by atoms with van der Waals surface area (Å²) in [5.74, 6) is 0.895. The van der Waals surface area contributed by atoms with Crippen molar-refractivity contribution in [3.8, 4) is 0 Å². The number of benzene rings is 1. The highest BCUT2D eigenvalue weighted by Gasteiger charge is 2.17. The summed E-state index contributed by atoms with van der Waals surface area (Å²) in [6, 6.07) is 7.94. The van der Waals surface area contributed by atoms with Crippen LogP contribution in [0.25, 0.3) is 11.0 Å². The van der Waals surface area contributed by atoms with E-state index < -0.39 is 0 Å². The van der Waals surface area contributed by atoms with Crippen LogP contribution in [0.15, 0.2) is 28.7 Å². The van der Waals surface area contributed by atoms with Crippen LogP contribution in [0.4, 0.5) is 0 Å². The third kappa shape index (κ3) is 3.27. The van der Waals surface area contributed by atoms with Crippen molar-refractivity contribution in [2.75, 3.05) is 6.61 Å². The number of hydrogen-bond donors (Lipinski definition) is 1. The molecular formula is C17H21NO3. The second-order valence-electron chi connectivity index (χ2n) is 5.60. The molecule has 1 aromatic carbocycles. The minimum Gasteiger partial charge on any atom is -0.459 e. The molecule has 2 heterocycles. The van der Waals surface area contributed by atoms with Gasteiger partial charge in [-0.15, -0.1) is 0 Å². The zero-order valence-corrected chi connectivity index (χ0v) is 12.4. The van der Waals surface area contributed by atoms with Gasteiger partial charge in [0.15, 0.2) is 0 Å². The van der Waals surface area contributed by atoms with Gasteiger partial charge in [0.1, 0.15) is 11.3 Å². The van der Waals surface area contributed by atoms with Crippen LogP contribution in [0, 0.1) is 6.92 Å². The van der Waals surface area contributed by atoms with Crippen molar-refractivity contribution in [1.82, 2.24) is 5.32 Å². The second kappa shape index (κ2) is 6.31. The summed E-state index contributed by atoms with van der Waals surface area (Å²) in [5.41, 5.74) is 1.98. The quantitative estimate of drug-likeness (QED) is 0.917. The average molecular weight is 287 g/mol. The standard InChI is InChI=1S/C17H21NO3/c1-12-14-6-2-3-7-15(14)21-16(12)11-18-17(19)9-8-13-5-4-10-20-13/h2-3,6-7,13H,4-5,8-11H2,1H3,(H,18,19)/t13-/m1/s1. The Hall–Kier alpha value is -1.81. The van der Waals surface area contributed by atoms with Gasteiger partial charge >= 0.3 is 0 Å². The molecule has 0 spiro atoms. The maximum absolute atomic E-state index is 11.9. The van der Waals surface area contributed by atoms with E-state index in [9.17, 15) is 4.79 Å². The number of amides is 1. The molecule has 1 aliphatic rings. The SMILES string of the molecule is Cc1c(CNC(=O)CC[C@H]2CCCO2)oc2ccccc12. The van der Waals surface area contributed by atoms with Crippen LogP contribution in [-0.2, 0) is 16.1 Å². The molecule has 1 aromatic heterocycles. The number of hydrogen-bond acceptors (Lipinski definition) is 3. The molecule has 1 fully saturated rings. The van der Waals surface area contributed by atoms with Crippen LogP contribution < -0.4 is 5.32 Å². The molecule has 1 aliphatic heterocycles.